The molecule has 32 heavy (non-hydrogen) atoms. The summed E-state index contributed by atoms with van der Waals surface area (Å²) in [6.07, 6.45) is 0.709. The second-order valence-corrected chi connectivity index (χ2v) is 9.24. The van der Waals surface area contributed by atoms with Crippen LogP contribution in [0.15, 0.2) is 78.9 Å². The number of hydrogen-bond acceptors (Lipinski definition) is 3. The lowest BCUT2D eigenvalue weighted by molar-refractivity contribution is -0.124. The molecule has 0 saturated carbocycles. The van der Waals surface area contributed by atoms with Gasteiger partial charge < -0.3 is 10.2 Å². The molecular formula is C26H25ClN2O2S. The van der Waals surface area contributed by atoms with E-state index in [9.17, 15) is 9.59 Å². The number of fused-ring (bicyclic) bond motifs is 1. The molecule has 1 atom stereocenters. The smallest absolute Gasteiger partial charge is 0.255 e. The molecule has 1 aliphatic heterocycles. The highest BCUT2D eigenvalue weighted by atomic mass is 35.5. The largest absolute Gasteiger partial charge is 0.354 e. The first-order valence-corrected chi connectivity index (χ1v) is 12.2. The summed E-state index contributed by atoms with van der Waals surface area (Å²) < 4.78 is 0. The molecule has 2 amide bonds. The standard InChI is InChI=1S/C26H25ClN2O2S/c27-22-12-10-19(11-13-22)14-15-28-25(30)24(18-32-17-20-6-2-1-3-7-20)29-16-21-8-4-5-9-23(21)26(29)31/h1-13,24H,14-18H2,(H,28,30)/t24-/m0/s1. The van der Waals surface area contributed by atoms with Crippen LogP contribution in [0.25, 0.3) is 0 Å². The summed E-state index contributed by atoms with van der Waals surface area (Å²) in [5.41, 5.74) is 3.98. The molecule has 0 saturated heterocycles. The van der Waals surface area contributed by atoms with Gasteiger partial charge in [-0.25, -0.2) is 0 Å². The molecule has 4 rings (SSSR count). The molecule has 3 aromatic carbocycles. The average molecular weight is 465 g/mol. The molecule has 0 radical (unpaired) electrons. The molecule has 1 N–H and O–H groups in total. The fraction of sp³-hybridized carbons (Fsp3) is 0.231. The minimum atomic E-state index is -0.520. The van der Waals surface area contributed by atoms with Crippen LogP contribution in [0, 0.1) is 0 Å². The van der Waals surface area contributed by atoms with Gasteiger partial charge in [-0.1, -0.05) is 72.3 Å². The molecule has 0 unspecified atom stereocenters. The van der Waals surface area contributed by atoms with Crippen molar-refractivity contribution in [1.29, 1.82) is 0 Å². The van der Waals surface area contributed by atoms with E-state index in [0.29, 0.717) is 35.8 Å². The van der Waals surface area contributed by atoms with Crippen molar-refractivity contribution >= 4 is 35.2 Å². The molecule has 3 aromatic rings. The van der Waals surface area contributed by atoms with Crippen molar-refractivity contribution in [3.05, 3.63) is 106 Å². The van der Waals surface area contributed by atoms with Gasteiger partial charge in [0.1, 0.15) is 6.04 Å². The van der Waals surface area contributed by atoms with Gasteiger partial charge in [0.15, 0.2) is 0 Å². The summed E-state index contributed by atoms with van der Waals surface area (Å²) in [5.74, 6) is 1.16. The molecule has 1 heterocycles. The Bertz CT molecular complexity index is 1070. The van der Waals surface area contributed by atoms with E-state index in [4.69, 9.17) is 11.6 Å². The predicted molar refractivity (Wildman–Crippen MR) is 131 cm³/mol. The zero-order valence-electron chi connectivity index (χ0n) is 17.7. The zero-order chi connectivity index (χ0) is 22.3. The lowest BCUT2D eigenvalue weighted by Gasteiger charge is -2.27. The number of carbonyl (C=O) groups is 2. The molecule has 0 aromatic heterocycles. The number of hydrogen-bond donors (Lipinski definition) is 1. The monoisotopic (exact) mass is 464 g/mol. The number of benzene rings is 3. The maximum absolute atomic E-state index is 13.2. The van der Waals surface area contributed by atoms with Crippen molar-refractivity contribution in [1.82, 2.24) is 10.2 Å². The van der Waals surface area contributed by atoms with Gasteiger partial charge in [0.05, 0.1) is 0 Å². The SMILES string of the molecule is O=C(NCCc1ccc(Cl)cc1)[C@H](CSCc1ccccc1)N1Cc2ccccc2C1=O. The van der Waals surface area contributed by atoms with Crippen LogP contribution in [0.1, 0.15) is 27.0 Å². The highest BCUT2D eigenvalue weighted by molar-refractivity contribution is 7.98. The summed E-state index contributed by atoms with van der Waals surface area (Å²) >= 11 is 7.62. The topological polar surface area (TPSA) is 49.4 Å². The van der Waals surface area contributed by atoms with Crippen LogP contribution in [0.3, 0.4) is 0 Å². The third kappa shape index (κ3) is 5.53. The van der Waals surface area contributed by atoms with Gasteiger partial charge in [0.25, 0.3) is 5.91 Å². The van der Waals surface area contributed by atoms with Crippen LogP contribution in [-0.4, -0.2) is 35.1 Å². The lowest BCUT2D eigenvalue weighted by Crippen LogP contribution is -2.49. The second-order valence-electron chi connectivity index (χ2n) is 7.77. The van der Waals surface area contributed by atoms with Crippen LogP contribution in [0.5, 0.6) is 0 Å². The van der Waals surface area contributed by atoms with Crippen LogP contribution in [0.2, 0.25) is 5.02 Å². The summed E-state index contributed by atoms with van der Waals surface area (Å²) in [6.45, 7) is 0.978. The molecular weight excluding hydrogens is 440 g/mol. The second kappa shape index (κ2) is 10.7. The number of amides is 2. The maximum Gasteiger partial charge on any atom is 0.255 e. The van der Waals surface area contributed by atoms with E-state index in [1.54, 1.807) is 16.7 Å². The number of halogens is 1. The van der Waals surface area contributed by atoms with Crippen molar-refractivity contribution < 1.29 is 9.59 Å². The first kappa shape index (κ1) is 22.4. The van der Waals surface area contributed by atoms with Gasteiger partial charge >= 0.3 is 0 Å². The van der Waals surface area contributed by atoms with Crippen molar-refractivity contribution in [3.63, 3.8) is 0 Å². The molecule has 0 aliphatic carbocycles. The number of carbonyl (C=O) groups excluding carboxylic acids is 2. The van der Waals surface area contributed by atoms with E-state index in [1.165, 1.54) is 5.56 Å². The Labute approximate surface area is 198 Å². The van der Waals surface area contributed by atoms with Crippen molar-refractivity contribution in [2.24, 2.45) is 0 Å². The molecule has 6 heteroatoms. The number of rotatable bonds is 9. The molecule has 0 bridgehead atoms. The quantitative estimate of drug-likeness (QED) is 0.487. The fourth-order valence-corrected chi connectivity index (χ4v) is 5.02. The Balaban J connectivity index is 1.41. The molecule has 0 fully saturated rings. The van der Waals surface area contributed by atoms with Crippen LogP contribution in [0.4, 0.5) is 0 Å². The molecule has 4 nitrogen and oxygen atoms in total. The third-order valence-corrected chi connectivity index (χ3v) is 6.88. The van der Waals surface area contributed by atoms with Crippen molar-refractivity contribution in [2.45, 2.75) is 24.8 Å². The summed E-state index contributed by atoms with van der Waals surface area (Å²) in [7, 11) is 0. The predicted octanol–water partition coefficient (Wildman–Crippen LogP) is 4.96. The van der Waals surface area contributed by atoms with E-state index >= 15 is 0 Å². The Morgan fingerprint density at radius 2 is 1.69 bits per heavy atom. The number of nitrogens with one attached hydrogen (secondary N) is 1. The summed E-state index contributed by atoms with van der Waals surface area (Å²) in [5, 5.41) is 3.73. The highest BCUT2D eigenvalue weighted by Gasteiger charge is 2.35. The summed E-state index contributed by atoms with van der Waals surface area (Å²) in [4.78, 5) is 27.9. The zero-order valence-corrected chi connectivity index (χ0v) is 19.2. The highest BCUT2D eigenvalue weighted by Crippen LogP contribution is 2.26. The Morgan fingerprint density at radius 1 is 0.969 bits per heavy atom. The summed E-state index contributed by atoms with van der Waals surface area (Å²) in [6, 6.07) is 24.9. The van der Waals surface area contributed by atoms with Gasteiger partial charge in [-0.05, 0) is 41.3 Å². The minimum Gasteiger partial charge on any atom is -0.354 e. The van der Waals surface area contributed by atoms with Crippen molar-refractivity contribution in [3.8, 4) is 0 Å². The minimum absolute atomic E-state index is 0.0706. The van der Waals surface area contributed by atoms with Gasteiger partial charge in [0, 0.05) is 35.2 Å². The molecule has 1 aliphatic rings. The molecule has 164 valence electrons. The average Bonchev–Trinajstić information content (AvgIpc) is 3.15. The fourth-order valence-electron chi connectivity index (χ4n) is 3.80. The van der Waals surface area contributed by atoms with Crippen molar-refractivity contribution in [2.75, 3.05) is 12.3 Å². The van der Waals surface area contributed by atoms with Gasteiger partial charge in [0.2, 0.25) is 5.91 Å². The van der Waals surface area contributed by atoms with E-state index in [1.807, 2.05) is 66.7 Å². The third-order valence-electron chi connectivity index (χ3n) is 5.54. The Kier molecular flexibility index (Phi) is 7.51. The maximum atomic E-state index is 13.2. The van der Waals surface area contributed by atoms with E-state index in [2.05, 4.69) is 17.4 Å². The van der Waals surface area contributed by atoms with Gasteiger partial charge in [-0.3, -0.25) is 9.59 Å². The number of nitrogens with zero attached hydrogens (tertiary/aromatic N) is 1. The van der Waals surface area contributed by atoms with Crippen LogP contribution < -0.4 is 5.32 Å². The lowest BCUT2D eigenvalue weighted by atomic mass is 10.1. The van der Waals surface area contributed by atoms with Crippen LogP contribution >= 0.6 is 23.4 Å². The Morgan fingerprint density at radius 3 is 2.44 bits per heavy atom. The van der Waals surface area contributed by atoms with Gasteiger partial charge in [-0.2, -0.15) is 11.8 Å². The van der Waals surface area contributed by atoms with Gasteiger partial charge in [-0.15, -0.1) is 0 Å². The van der Waals surface area contributed by atoms with E-state index in [0.717, 1.165) is 16.9 Å². The van der Waals surface area contributed by atoms with E-state index < -0.39 is 6.04 Å². The van der Waals surface area contributed by atoms with Crippen LogP contribution in [-0.2, 0) is 23.5 Å². The molecule has 0 spiro atoms. The first-order chi connectivity index (χ1) is 15.6. The normalized spacial score (nSPS) is 13.7. The first-order valence-electron chi connectivity index (χ1n) is 10.6. The number of thioether (sulfide) groups is 1. The van der Waals surface area contributed by atoms with E-state index in [-0.39, 0.29) is 11.8 Å². The Hall–Kier alpha value is -2.76.